The molecular formula is C15H20N4O3S. The molecule has 1 aliphatic rings. The van der Waals surface area contributed by atoms with Gasteiger partial charge in [-0.25, -0.2) is 8.42 Å². The first-order valence-electron chi connectivity index (χ1n) is 7.44. The Kier molecular flexibility index (Phi) is 4.22. The lowest BCUT2D eigenvalue weighted by Gasteiger charge is -2.32. The molecule has 0 saturated carbocycles. The Hall–Kier alpha value is -1.77. The fourth-order valence-electron chi connectivity index (χ4n) is 2.90. The Morgan fingerprint density at radius 1 is 1.30 bits per heavy atom. The van der Waals surface area contributed by atoms with E-state index in [1.165, 1.54) is 4.31 Å². The zero-order chi connectivity index (χ0) is 16.6. The number of methoxy groups -OCH3 is 1. The van der Waals surface area contributed by atoms with Crippen LogP contribution in [0, 0.1) is 6.92 Å². The fraction of sp³-hybridized carbons (Fsp3) is 0.467. The van der Waals surface area contributed by atoms with E-state index in [9.17, 15) is 8.42 Å². The van der Waals surface area contributed by atoms with E-state index >= 15 is 0 Å². The van der Waals surface area contributed by atoms with Crippen LogP contribution in [0.1, 0.15) is 30.2 Å². The van der Waals surface area contributed by atoms with Gasteiger partial charge in [0.05, 0.1) is 10.9 Å². The highest BCUT2D eigenvalue weighted by atomic mass is 32.2. The highest BCUT2D eigenvalue weighted by molar-refractivity contribution is 7.89. The van der Waals surface area contributed by atoms with Crippen LogP contribution >= 0.6 is 0 Å². The summed E-state index contributed by atoms with van der Waals surface area (Å²) in [6.07, 6.45) is 0. The molecule has 0 bridgehead atoms. The Bertz CT molecular complexity index is 816. The van der Waals surface area contributed by atoms with Gasteiger partial charge in [0.2, 0.25) is 10.0 Å². The van der Waals surface area contributed by atoms with Crippen molar-refractivity contribution in [3.63, 3.8) is 0 Å². The number of fused-ring (bicyclic) bond motifs is 1. The van der Waals surface area contributed by atoms with Crippen LogP contribution in [-0.4, -0.2) is 41.1 Å². The zero-order valence-corrected chi connectivity index (χ0v) is 14.2. The molecule has 2 heterocycles. The third-order valence-electron chi connectivity index (χ3n) is 4.08. The van der Waals surface area contributed by atoms with Crippen LogP contribution in [0.25, 0.3) is 0 Å². The summed E-state index contributed by atoms with van der Waals surface area (Å²) >= 11 is 0. The van der Waals surface area contributed by atoms with Crippen molar-refractivity contribution in [1.82, 2.24) is 19.1 Å². The van der Waals surface area contributed by atoms with Crippen molar-refractivity contribution in [2.75, 3.05) is 13.7 Å². The number of ether oxygens (including phenoxy) is 1. The first-order chi connectivity index (χ1) is 10.9. The quantitative estimate of drug-likeness (QED) is 0.845. The van der Waals surface area contributed by atoms with Gasteiger partial charge in [0.15, 0.2) is 11.6 Å². The van der Waals surface area contributed by atoms with E-state index in [4.69, 9.17) is 4.74 Å². The number of benzene rings is 1. The number of hydrogen-bond donors (Lipinski definition) is 0. The first-order valence-corrected chi connectivity index (χ1v) is 8.88. The van der Waals surface area contributed by atoms with Gasteiger partial charge in [-0.3, -0.25) is 0 Å². The van der Waals surface area contributed by atoms with Crippen LogP contribution in [0.15, 0.2) is 29.2 Å². The van der Waals surface area contributed by atoms with Crippen LogP contribution in [0.5, 0.6) is 0 Å². The van der Waals surface area contributed by atoms with Crippen molar-refractivity contribution in [2.24, 2.45) is 0 Å². The Labute approximate surface area is 135 Å². The van der Waals surface area contributed by atoms with E-state index in [1.54, 1.807) is 25.3 Å². The molecule has 1 atom stereocenters. The minimum absolute atomic E-state index is 0.314. The summed E-state index contributed by atoms with van der Waals surface area (Å²) in [5.41, 5.74) is 0.918. The molecule has 1 aliphatic heterocycles. The largest absolute Gasteiger partial charge is 0.377 e. The second-order valence-corrected chi connectivity index (χ2v) is 7.56. The normalized spacial score (nSPS) is 18.8. The summed E-state index contributed by atoms with van der Waals surface area (Å²) in [5, 5.41) is 8.27. The number of nitrogens with zero attached hydrogens (tertiary/aromatic N) is 4. The maximum absolute atomic E-state index is 12.9. The van der Waals surface area contributed by atoms with Crippen molar-refractivity contribution in [3.05, 3.63) is 41.5 Å². The number of rotatable bonds is 4. The van der Waals surface area contributed by atoms with Crippen molar-refractivity contribution >= 4 is 10.0 Å². The monoisotopic (exact) mass is 336 g/mol. The molecule has 1 aromatic heterocycles. The highest BCUT2D eigenvalue weighted by Gasteiger charge is 2.36. The van der Waals surface area contributed by atoms with Gasteiger partial charge in [0, 0.05) is 20.2 Å². The van der Waals surface area contributed by atoms with Gasteiger partial charge in [-0.15, -0.1) is 10.2 Å². The van der Waals surface area contributed by atoms with Crippen molar-refractivity contribution in [3.8, 4) is 0 Å². The van der Waals surface area contributed by atoms with Gasteiger partial charge in [-0.05, 0) is 31.5 Å². The first kappa shape index (κ1) is 16.1. The molecule has 23 heavy (non-hydrogen) atoms. The lowest BCUT2D eigenvalue weighted by molar-refractivity contribution is 0.170. The Balaban J connectivity index is 1.96. The average molecular weight is 336 g/mol. The van der Waals surface area contributed by atoms with Gasteiger partial charge in [-0.1, -0.05) is 12.1 Å². The number of sulfonamides is 1. The molecule has 1 unspecified atom stereocenters. The Morgan fingerprint density at radius 2 is 2.09 bits per heavy atom. The average Bonchev–Trinajstić information content (AvgIpc) is 2.92. The van der Waals surface area contributed by atoms with Crippen LogP contribution in [0.2, 0.25) is 0 Å². The molecule has 0 fully saturated rings. The molecule has 0 spiro atoms. The molecule has 0 aliphatic carbocycles. The van der Waals surface area contributed by atoms with Crippen LogP contribution in [-0.2, 0) is 27.9 Å². The molecule has 1 aromatic carbocycles. The number of aryl methyl sites for hydroxylation is 1. The van der Waals surface area contributed by atoms with Gasteiger partial charge in [0.1, 0.15) is 6.61 Å². The standard InChI is InChI=1S/C15H20N4O3S/c1-11-5-4-6-13(9-11)23(20,21)19-8-7-18-14(10-22-3)16-17-15(18)12(19)2/h4-6,9,12H,7-8,10H2,1-3H3. The predicted octanol–water partition coefficient (Wildman–Crippen LogP) is 1.50. The van der Waals surface area contributed by atoms with Gasteiger partial charge < -0.3 is 9.30 Å². The minimum Gasteiger partial charge on any atom is -0.377 e. The summed E-state index contributed by atoms with van der Waals surface area (Å²) in [4.78, 5) is 0.314. The van der Waals surface area contributed by atoms with Gasteiger partial charge >= 0.3 is 0 Å². The van der Waals surface area contributed by atoms with Crippen molar-refractivity contribution < 1.29 is 13.2 Å². The smallest absolute Gasteiger partial charge is 0.243 e. The van der Waals surface area contributed by atoms with Crippen LogP contribution in [0.3, 0.4) is 0 Å². The maximum Gasteiger partial charge on any atom is 0.243 e. The van der Waals surface area contributed by atoms with Crippen LogP contribution < -0.4 is 0 Å². The zero-order valence-electron chi connectivity index (χ0n) is 13.4. The van der Waals surface area contributed by atoms with E-state index in [1.807, 2.05) is 24.5 Å². The molecule has 124 valence electrons. The van der Waals surface area contributed by atoms with E-state index in [0.717, 1.165) is 11.4 Å². The number of aromatic nitrogens is 3. The summed E-state index contributed by atoms with van der Waals surface area (Å²) in [7, 11) is -1.96. The SMILES string of the molecule is COCc1nnc2n1CCN(S(=O)(=O)c1cccc(C)c1)C2C. The lowest BCUT2D eigenvalue weighted by Crippen LogP contribution is -2.41. The van der Waals surface area contributed by atoms with Gasteiger partial charge in [0.25, 0.3) is 0 Å². The molecule has 0 amide bonds. The topological polar surface area (TPSA) is 77.3 Å². The van der Waals surface area contributed by atoms with E-state index in [2.05, 4.69) is 10.2 Å². The third kappa shape index (κ3) is 2.77. The fourth-order valence-corrected chi connectivity index (χ4v) is 4.59. The second-order valence-electron chi connectivity index (χ2n) is 5.67. The third-order valence-corrected chi connectivity index (χ3v) is 6.04. The van der Waals surface area contributed by atoms with Crippen molar-refractivity contribution in [1.29, 1.82) is 0 Å². The predicted molar refractivity (Wildman–Crippen MR) is 84.2 cm³/mol. The minimum atomic E-state index is -3.56. The molecule has 8 heteroatoms. The molecule has 7 nitrogen and oxygen atoms in total. The Morgan fingerprint density at radius 3 is 2.78 bits per heavy atom. The van der Waals surface area contributed by atoms with E-state index in [-0.39, 0.29) is 6.04 Å². The molecule has 0 radical (unpaired) electrons. The van der Waals surface area contributed by atoms with E-state index < -0.39 is 10.0 Å². The molecule has 3 rings (SSSR count). The van der Waals surface area contributed by atoms with Gasteiger partial charge in [-0.2, -0.15) is 4.31 Å². The summed E-state index contributed by atoms with van der Waals surface area (Å²) in [6, 6.07) is 6.59. The summed E-state index contributed by atoms with van der Waals surface area (Å²) < 4.78 is 34.4. The summed E-state index contributed by atoms with van der Waals surface area (Å²) in [5.74, 6) is 1.38. The molecular weight excluding hydrogens is 316 g/mol. The highest BCUT2D eigenvalue weighted by Crippen LogP contribution is 2.30. The summed E-state index contributed by atoms with van der Waals surface area (Å²) in [6.45, 7) is 5.00. The van der Waals surface area contributed by atoms with Crippen molar-refractivity contribution in [2.45, 2.75) is 37.9 Å². The number of hydrogen-bond acceptors (Lipinski definition) is 5. The second kappa shape index (κ2) is 6.03. The maximum atomic E-state index is 12.9. The molecule has 2 aromatic rings. The lowest BCUT2D eigenvalue weighted by atomic mass is 10.2. The molecule has 0 saturated heterocycles. The van der Waals surface area contributed by atoms with Crippen LogP contribution in [0.4, 0.5) is 0 Å². The molecule has 0 N–H and O–H groups in total. The van der Waals surface area contributed by atoms with E-state index in [0.29, 0.717) is 30.4 Å².